The van der Waals surface area contributed by atoms with E-state index < -0.39 is 26.0 Å². The molecule has 3 aromatic rings. The van der Waals surface area contributed by atoms with Crippen LogP contribution in [0.3, 0.4) is 0 Å². The molecular formula is C26H27O7P. The van der Waals surface area contributed by atoms with Gasteiger partial charge >= 0.3 is 13.6 Å². The summed E-state index contributed by atoms with van der Waals surface area (Å²) in [5, 5.41) is 0. The minimum Gasteiger partial charge on any atom is -0.485 e. The zero-order valence-electron chi connectivity index (χ0n) is 19.1. The van der Waals surface area contributed by atoms with E-state index >= 15 is 0 Å². The quantitative estimate of drug-likeness (QED) is 0.258. The predicted octanol–water partition coefficient (Wildman–Crippen LogP) is 6.03. The molecule has 0 unspecified atom stereocenters. The van der Waals surface area contributed by atoms with Crippen molar-refractivity contribution in [1.82, 2.24) is 0 Å². The molecule has 1 saturated heterocycles. The first-order chi connectivity index (χ1) is 16.4. The highest BCUT2D eigenvalue weighted by molar-refractivity contribution is 7.55. The van der Waals surface area contributed by atoms with Crippen molar-refractivity contribution in [2.45, 2.75) is 39.5 Å². The Morgan fingerprint density at radius 3 is 1.97 bits per heavy atom. The molecule has 178 valence electrons. The van der Waals surface area contributed by atoms with Gasteiger partial charge in [0.2, 0.25) is 6.29 Å². The van der Waals surface area contributed by atoms with Gasteiger partial charge in [0.15, 0.2) is 11.5 Å². The minimum atomic E-state index is -3.52. The SMILES string of the molecule is CC(C)OC(=O)CP1(=O)OC(c2ccc(OCc3ccccc3)c(OCc3ccccc3)c2)O1. The lowest BCUT2D eigenvalue weighted by Gasteiger charge is -2.35. The molecule has 0 radical (unpaired) electrons. The van der Waals surface area contributed by atoms with Gasteiger partial charge in [-0.25, -0.2) is 0 Å². The van der Waals surface area contributed by atoms with Crippen molar-refractivity contribution in [3.8, 4) is 11.5 Å². The molecule has 1 aliphatic heterocycles. The number of ether oxygens (including phenoxy) is 3. The second-order valence-corrected chi connectivity index (χ2v) is 10.1. The fourth-order valence-electron chi connectivity index (χ4n) is 3.33. The Morgan fingerprint density at radius 1 is 0.853 bits per heavy atom. The summed E-state index contributed by atoms with van der Waals surface area (Å²) in [5.74, 6) is 0.449. The summed E-state index contributed by atoms with van der Waals surface area (Å²) in [4.78, 5) is 11.8. The van der Waals surface area contributed by atoms with E-state index in [0.717, 1.165) is 11.1 Å². The monoisotopic (exact) mass is 482 g/mol. The van der Waals surface area contributed by atoms with Gasteiger partial charge in [0.1, 0.15) is 19.4 Å². The third-order valence-electron chi connectivity index (χ3n) is 4.92. The normalized spacial score (nSPS) is 19.3. The lowest BCUT2D eigenvalue weighted by molar-refractivity contribution is -0.146. The van der Waals surface area contributed by atoms with Crippen LogP contribution in [0.15, 0.2) is 78.9 Å². The summed E-state index contributed by atoms with van der Waals surface area (Å²) in [5.41, 5.74) is 2.64. The molecule has 1 heterocycles. The van der Waals surface area contributed by atoms with Crippen molar-refractivity contribution in [3.63, 3.8) is 0 Å². The third-order valence-corrected chi connectivity index (χ3v) is 6.59. The highest BCUT2D eigenvalue weighted by atomic mass is 31.2. The highest BCUT2D eigenvalue weighted by Crippen LogP contribution is 2.65. The fourth-order valence-corrected chi connectivity index (χ4v) is 4.71. The Kier molecular flexibility index (Phi) is 7.68. The molecule has 34 heavy (non-hydrogen) atoms. The summed E-state index contributed by atoms with van der Waals surface area (Å²) in [6.07, 6.45) is -1.58. The molecule has 0 N–H and O–H groups in total. The topological polar surface area (TPSA) is 80.3 Å². The van der Waals surface area contributed by atoms with E-state index in [1.165, 1.54) is 0 Å². The van der Waals surface area contributed by atoms with E-state index in [-0.39, 0.29) is 6.10 Å². The standard InChI is InChI=1S/C26H27O7P/c1-19(2)31-25(27)18-34(28)32-26(33-34)22-13-14-23(29-16-20-9-5-3-6-10-20)24(15-22)30-17-21-11-7-4-8-12-21/h3-15,19,26H,16-18H2,1-2H3. The Hall–Kier alpha value is -3.12. The van der Waals surface area contributed by atoms with Crippen LogP contribution in [0, 0.1) is 0 Å². The minimum absolute atomic E-state index is 0.302. The molecule has 8 heteroatoms. The number of carbonyl (C=O) groups is 1. The van der Waals surface area contributed by atoms with E-state index in [1.54, 1.807) is 32.0 Å². The molecule has 4 rings (SSSR count). The Labute approximate surface area is 199 Å². The molecule has 0 bridgehead atoms. The van der Waals surface area contributed by atoms with Crippen LogP contribution in [-0.2, 0) is 36.4 Å². The third kappa shape index (κ3) is 6.48. The van der Waals surface area contributed by atoms with E-state index in [9.17, 15) is 9.36 Å². The van der Waals surface area contributed by atoms with Crippen LogP contribution in [0.1, 0.15) is 36.8 Å². The maximum Gasteiger partial charge on any atom is 0.347 e. The molecule has 7 nitrogen and oxygen atoms in total. The number of benzene rings is 3. The van der Waals surface area contributed by atoms with Crippen LogP contribution in [0.25, 0.3) is 0 Å². The van der Waals surface area contributed by atoms with Crippen molar-refractivity contribution >= 4 is 13.6 Å². The second kappa shape index (κ2) is 10.9. The molecule has 0 atom stereocenters. The van der Waals surface area contributed by atoms with Crippen LogP contribution in [0.5, 0.6) is 11.5 Å². The van der Waals surface area contributed by atoms with Crippen molar-refractivity contribution in [3.05, 3.63) is 95.6 Å². The number of hydrogen-bond acceptors (Lipinski definition) is 7. The van der Waals surface area contributed by atoms with E-state index in [1.807, 2.05) is 60.7 Å². The Balaban J connectivity index is 1.45. The molecular weight excluding hydrogens is 455 g/mol. The van der Waals surface area contributed by atoms with Gasteiger partial charge in [0.25, 0.3) is 0 Å². The van der Waals surface area contributed by atoms with Gasteiger partial charge in [-0.1, -0.05) is 60.7 Å². The van der Waals surface area contributed by atoms with Crippen LogP contribution >= 0.6 is 7.60 Å². The number of hydrogen-bond donors (Lipinski definition) is 0. The average molecular weight is 482 g/mol. The number of rotatable bonds is 10. The maximum atomic E-state index is 12.6. The van der Waals surface area contributed by atoms with Gasteiger partial charge in [0, 0.05) is 5.56 Å². The molecule has 0 amide bonds. The maximum absolute atomic E-state index is 12.6. The first-order valence-corrected chi connectivity index (χ1v) is 12.8. The van der Waals surface area contributed by atoms with Crippen LogP contribution in [-0.4, -0.2) is 18.2 Å². The van der Waals surface area contributed by atoms with Crippen molar-refractivity contribution < 1.29 is 32.6 Å². The number of esters is 1. The number of carbonyl (C=O) groups excluding carboxylic acids is 1. The summed E-state index contributed by atoms with van der Waals surface area (Å²) < 4.78 is 40.6. The first kappa shape index (κ1) is 24.0. The van der Waals surface area contributed by atoms with Crippen LogP contribution in [0.4, 0.5) is 0 Å². The lowest BCUT2D eigenvalue weighted by Crippen LogP contribution is -2.24. The molecule has 1 aliphatic rings. The molecule has 0 spiro atoms. The summed E-state index contributed by atoms with van der Waals surface area (Å²) in [6.45, 7) is 4.17. The van der Waals surface area contributed by atoms with Crippen molar-refractivity contribution in [2.75, 3.05) is 6.16 Å². The van der Waals surface area contributed by atoms with E-state index in [2.05, 4.69) is 0 Å². The largest absolute Gasteiger partial charge is 0.485 e. The molecule has 0 aliphatic carbocycles. The average Bonchev–Trinajstić information content (AvgIpc) is 2.81. The zero-order chi connectivity index (χ0) is 24.0. The molecule has 0 saturated carbocycles. The Bertz CT molecular complexity index is 1140. The highest BCUT2D eigenvalue weighted by Gasteiger charge is 2.46. The first-order valence-electron chi connectivity index (χ1n) is 11.0. The summed E-state index contributed by atoms with van der Waals surface area (Å²) in [7, 11) is -3.52. The summed E-state index contributed by atoms with van der Waals surface area (Å²) >= 11 is 0. The van der Waals surface area contributed by atoms with Crippen molar-refractivity contribution in [1.29, 1.82) is 0 Å². The predicted molar refractivity (Wildman–Crippen MR) is 127 cm³/mol. The second-order valence-electron chi connectivity index (χ2n) is 8.11. The van der Waals surface area contributed by atoms with Gasteiger partial charge in [-0.15, -0.1) is 0 Å². The Morgan fingerprint density at radius 2 is 1.41 bits per heavy atom. The zero-order valence-corrected chi connectivity index (χ0v) is 20.0. The van der Waals surface area contributed by atoms with Gasteiger partial charge < -0.3 is 14.2 Å². The fraction of sp³-hybridized carbons (Fsp3) is 0.269. The van der Waals surface area contributed by atoms with Gasteiger partial charge in [-0.05, 0) is 43.2 Å². The summed E-state index contributed by atoms with van der Waals surface area (Å²) in [6, 6.07) is 24.9. The molecule has 0 aromatic heterocycles. The smallest absolute Gasteiger partial charge is 0.347 e. The van der Waals surface area contributed by atoms with Crippen LogP contribution in [0.2, 0.25) is 0 Å². The lowest BCUT2D eigenvalue weighted by atomic mass is 10.2. The van der Waals surface area contributed by atoms with E-state index in [0.29, 0.717) is 30.3 Å². The van der Waals surface area contributed by atoms with Crippen molar-refractivity contribution in [2.24, 2.45) is 0 Å². The molecule has 3 aromatic carbocycles. The van der Waals surface area contributed by atoms with Gasteiger partial charge in [-0.2, -0.15) is 0 Å². The van der Waals surface area contributed by atoms with Crippen LogP contribution < -0.4 is 9.47 Å². The van der Waals surface area contributed by atoms with Gasteiger partial charge in [0.05, 0.1) is 6.10 Å². The molecule has 1 fully saturated rings. The van der Waals surface area contributed by atoms with Gasteiger partial charge in [-0.3, -0.25) is 18.4 Å². The van der Waals surface area contributed by atoms with E-state index in [4.69, 9.17) is 23.3 Å².